The Kier molecular flexibility index (Phi) is 3.74. The Bertz CT molecular complexity index is 696. The fourth-order valence-corrected chi connectivity index (χ4v) is 4.24. The molecule has 0 aliphatic carbocycles. The Morgan fingerprint density at radius 2 is 2.10 bits per heavy atom. The molecule has 0 radical (unpaired) electrons. The Labute approximate surface area is 119 Å². The van der Waals surface area contributed by atoms with E-state index < -0.39 is 44.6 Å². The number of primary amides is 1. The van der Waals surface area contributed by atoms with Crippen LogP contribution in [0.15, 0.2) is 4.90 Å². The Morgan fingerprint density at radius 1 is 1.48 bits per heavy atom. The van der Waals surface area contributed by atoms with Gasteiger partial charge in [0.1, 0.15) is 10.9 Å². The van der Waals surface area contributed by atoms with Crippen LogP contribution in [0.5, 0.6) is 0 Å². The number of aromatic nitrogens is 2. The molecule has 10 nitrogen and oxygen atoms in total. The van der Waals surface area contributed by atoms with Gasteiger partial charge >= 0.3 is 5.97 Å². The molecule has 1 aliphatic heterocycles. The van der Waals surface area contributed by atoms with Gasteiger partial charge in [-0.2, -0.15) is 9.40 Å². The maximum absolute atomic E-state index is 12.6. The van der Waals surface area contributed by atoms with E-state index in [4.69, 9.17) is 10.8 Å². The highest BCUT2D eigenvalue weighted by Crippen LogP contribution is 2.29. The van der Waals surface area contributed by atoms with Crippen molar-refractivity contribution in [3.63, 3.8) is 0 Å². The second-order valence-electron chi connectivity index (χ2n) is 4.71. The number of nitrogens with one attached hydrogen (secondary N) is 1. The lowest BCUT2D eigenvalue weighted by molar-refractivity contribution is -0.121. The predicted octanol–water partition coefficient (Wildman–Crippen LogP) is -1.97. The Morgan fingerprint density at radius 3 is 2.62 bits per heavy atom. The molecular weight excluding hydrogens is 304 g/mol. The van der Waals surface area contributed by atoms with Gasteiger partial charge in [0.2, 0.25) is 15.9 Å². The van der Waals surface area contributed by atoms with Crippen molar-refractivity contribution in [1.29, 1.82) is 0 Å². The molecule has 1 saturated heterocycles. The van der Waals surface area contributed by atoms with E-state index in [0.29, 0.717) is 4.31 Å². The summed E-state index contributed by atoms with van der Waals surface area (Å²) in [4.78, 5) is 21.9. The number of carboxylic acid groups (broad SMARTS) is 1. The number of hydrogen-bond donors (Lipinski definition) is 4. The predicted molar refractivity (Wildman–Crippen MR) is 67.8 cm³/mol. The molecule has 5 N–H and O–H groups in total. The first kappa shape index (κ1) is 15.4. The van der Waals surface area contributed by atoms with Gasteiger partial charge in [-0.1, -0.05) is 0 Å². The average molecular weight is 318 g/mol. The van der Waals surface area contributed by atoms with Crippen LogP contribution in [-0.4, -0.2) is 63.7 Å². The molecule has 2 unspecified atom stereocenters. The van der Waals surface area contributed by atoms with Crippen LogP contribution in [-0.2, 0) is 14.8 Å². The summed E-state index contributed by atoms with van der Waals surface area (Å²) >= 11 is 0. The lowest BCUT2D eigenvalue weighted by atomic mass is 10.2. The number of aliphatic hydroxyl groups is 1. The molecule has 21 heavy (non-hydrogen) atoms. The fourth-order valence-electron chi connectivity index (χ4n) is 2.31. The summed E-state index contributed by atoms with van der Waals surface area (Å²) in [6.45, 7) is 1.01. The summed E-state index contributed by atoms with van der Waals surface area (Å²) in [5.41, 5.74) is 4.50. The number of nitrogens with two attached hydrogens (primary N) is 1. The van der Waals surface area contributed by atoms with Crippen LogP contribution in [0.25, 0.3) is 0 Å². The number of nitrogens with zero attached hydrogens (tertiary/aromatic N) is 2. The standard InChI is InChI=1S/C10H14N4O6S/c1-4-8(7(10(17)18)13-12-4)21(19,20)14-3-5(15)2-6(14)9(11)16/h5-6,15H,2-3H2,1H3,(H2,11,16)(H,12,13)(H,17,18). The molecule has 2 heterocycles. The van der Waals surface area contributed by atoms with Gasteiger partial charge in [0.25, 0.3) is 0 Å². The Balaban J connectivity index is 2.55. The number of aryl methyl sites for hydroxylation is 1. The summed E-state index contributed by atoms with van der Waals surface area (Å²) in [5.74, 6) is -2.43. The number of rotatable bonds is 4. The molecule has 1 aromatic rings. The van der Waals surface area contributed by atoms with Crippen molar-refractivity contribution < 1.29 is 28.2 Å². The third-order valence-electron chi connectivity index (χ3n) is 3.22. The number of carbonyl (C=O) groups excluding carboxylic acids is 1. The molecule has 1 fully saturated rings. The van der Waals surface area contributed by atoms with Crippen molar-refractivity contribution in [3.8, 4) is 0 Å². The van der Waals surface area contributed by atoms with Gasteiger partial charge < -0.3 is 15.9 Å². The number of hydrogen-bond acceptors (Lipinski definition) is 6. The van der Waals surface area contributed by atoms with E-state index in [-0.39, 0.29) is 18.7 Å². The van der Waals surface area contributed by atoms with Gasteiger partial charge in [0.05, 0.1) is 11.8 Å². The lowest BCUT2D eigenvalue weighted by Gasteiger charge is -2.21. The highest BCUT2D eigenvalue weighted by Gasteiger charge is 2.45. The largest absolute Gasteiger partial charge is 0.476 e. The van der Waals surface area contributed by atoms with Crippen molar-refractivity contribution in [2.75, 3.05) is 6.54 Å². The van der Waals surface area contributed by atoms with Crippen molar-refractivity contribution in [2.24, 2.45) is 5.73 Å². The van der Waals surface area contributed by atoms with E-state index in [0.717, 1.165) is 0 Å². The van der Waals surface area contributed by atoms with Crippen LogP contribution in [0.2, 0.25) is 0 Å². The molecule has 1 aromatic heterocycles. The SMILES string of the molecule is Cc1[nH]nc(C(=O)O)c1S(=O)(=O)N1CC(O)CC1C(N)=O. The van der Waals surface area contributed by atoms with E-state index in [1.54, 1.807) is 0 Å². The van der Waals surface area contributed by atoms with E-state index in [1.165, 1.54) is 6.92 Å². The first-order valence-electron chi connectivity index (χ1n) is 5.93. The molecule has 0 aromatic carbocycles. The third kappa shape index (κ3) is 2.50. The number of carbonyl (C=O) groups is 2. The molecule has 11 heteroatoms. The smallest absolute Gasteiger partial charge is 0.357 e. The van der Waals surface area contributed by atoms with Gasteiger partial charge in [0, 0.05) is 13.0 Å². The van der Waals surface area contributed by atoms with Crippen molar-refractivity contribution in [3.05, 3.63) is 11.4 Å². The van der Waals surface area contributed by atoms with Gasteiger partial charge in [0.15, 0.2) is 5.69 Å². The number of sulfonamides is 1. The Hall–Kier alpha value is -1.98. The molecule has 1 aliphatic rings. The first-order valence-corrected chi connectivity index (χ1v) is 7.37. The average Bonchev–Trinajstić information content (AvgIpc) is 2.93. The van der Waals surface area contributed by atoms with Crippen molar-refractivity contribution in [1.82, 2.24) is 14.5 Å². The minimum absolute atomic E-state index is 0.0250. The molecule has 0 saturated carbocycles. The minimum atomic E-state index is -4.33. The van der Waals surface area contributed by atoms with Gasteiger partial charge in [-0.3, -0.25) is 9.89 Å². The van der Waals surface area contributed by atoms with Crippen LogP contribution in [0, 0.1) is 6.92 Å². The second kappa shape index (κ2) is 5.09. The van der Waals surface area contributed by atoms with E-state index in [2.05, 4.69) is 10.2 Å². The quantitative estimate of drug-likeness (QED) is 0.499. The molecular formula is C10H14N4O6S. The molecule has 2 rings (SSSR count). The number of carboxylic acids is 1. The summed E-state index contributed by atoms with van der Waals surface area (Å²) in [5, 5.41) is 24.3. The van der Waals surface area contributed by atoms with Crippen LogP contribution in [0.4, 0.5) is 0 Å². The van der Waals surface area contributed by atoms with Crippen LogP contribution in [0.1, 0.15) is 22.6 Å². The zero-order chi connectivity index (χ0) is 15.9. The lowest BCUT2D eigenvalue weighted by Crippen LogP contribution is -2.44. The highest BCUT2D eigenvalue weighted by atomic mass is 32.2. The van der Waals surface area contributed by atoms with Crippen molar-refractivity contribution in [2.45, 2.75) is 30.4 Å². The van der Waals surface area contributed by atoms with Crippen LogP contribution >= 0.6 is 0 Å². The van der Waals surface area contributed by atoms with Gasteiger partial charge in [-0.05, 0) is 6.92 Å². The number of β-amino-alcohol motifs (C(OH)–C–C–N with tert-alkyl or cyclic N) is 1. The summed E-state index contributed by atoms with van der Waals surface area (Å²) in [6, 6.07) is -1.22. The number of aromatic amines is 1. The molecule has 2 atom stereocenters. The van der Waals surface area contributed by atoms with E-state index >= 15 is 0 Å². The highest BCUT2D eigenvalue weighted by molar-refractivity contribution is 7.89. The summed E-state index contributed by atoms with van der Waals surface area (Å²) in [6.07, 6.45) is -1.17. The van der Waals surface area contributed by atoms with Gasteiger partial charge in [-0.15, -0.1) is 0 Å². The first-order chi connectivity index (χ1) is 9.66. The number of amides is 1. The van der Waals surface area contributed by atoms with Gasteiger partial charge in [-0.25, -0.2) is 13.2 Å². The topological polar surface area (TPSA) is 167 Å². The maximum atomic E-state index is 12.6. The van der Waals surface area contributed by atoms with Crippen LogP contribution in [0.3, 0.4) is 0 Å². The molecule has 116 valence electrons. The maximum Gasteiger partial charge on any atom is 0.357 e. The summed E-state index contributed by atoms with van der Waals surface area (Å²) < 4.78 is 25.9. The summed E-state index contributed by atoms with van der Waals surface area (Å²) in [7, 11) is -4.33. The number of aliphatic hydroxyl groups excluding tert-OH is 1. The van der Waals surface area contributed by atoms with E-state index in [1.807, 2.05) is 0 Å². The molecule has 0 bridgehead atoms. The zero-order valence-corrected chi connectivity index (χ0v) is 11.8. The van der Waals surface area contributed by atoms with Crippen molar-refractivity contribution >= 4 is 21.9 Å². The minimum Gasteiger partial charge on any atom is -0.476 e. The fraction of sp³-hybridized carbons (Fsp3) is 0.500. The number of H-pyrrole nitrogens is 1. The molecule has 0 spiro atoms. The van der Waals surface area contributed by atoms with Crippen LogP contribution < -0.4 is 5.73 Å². The second-order valence-corrected chi connectivity index (χ2v) is 6.54. The third-order valence-corrected chi connectivity index (χ3v) is 5.26. The number of aromatic carboxylic acids is 1. The molecule has 1 amide bonds. The van der Waals surface area contributed by atoms with E-state index in [9.17, 15) is 23.1 Å². The normalized spacial score (nSPS) is 23.3. The zero-order valence-electron chi connectivity index (χ0n) is 11.0. The monoisotopic (exact) mass is 318 g/mol.